The molecule has 0 atom stereocenters. The maximum absolute atomic E-state index is 5.78. The van der Waals surface area contributed by atoms with Crippen molar-refractivity contribution in [3.63, 3.8) is 0 Å². The first kappa shape index (κ1) is 9.78. The van der Waals surface area contributed by atoms with Crippen molar-refractivity contribution in [2.75, 3.05) is 12.8 Å². The fourth-order valence-corrected chi connectivity index (χ4v) is 1.20. The molecule has 2 nitrogen and oxygen atoms in total. The first-order valence-electron chi connectivity index (χ1n) is 4.46. The minimum absolute atomic E-state index is 0.532. The molecule has 70 valence electrons. The number of nitrogens with two attached hydrogens (primary N) is 1. The summed E-state index contributed by atoms with van der Waals surface area (Å²) < 4.78 is 0. The van der Waals surface area contributed by atoms with E-state index in [9.17, 15) is 0 Å². The largest absolute Gasteiger partial charge is 0.398 e. The molecule has 1 rings (SSSR count). The Kier molecular flexibility index (Phi) is 3.07. The van der Waals surface area contributed by atoms with Crippen LogP contribution in [0.5, 0.6) is 0 Å². The molecule has 0 aromatic heterocycles. The van der Waals surface area contributed by atoms with Gasteiger partial charge in [-0.1, -0.05) is 19.9 Å². The van der Waals surface area contributed by atoms with Gasteiger partial charge in [0.25, 0.3) is 0 Å². The lowest BCUT2D eigenvalue weighted by molar-refractivity contribution is 0.867. The van der Waals surface area contributed by atoms with Crippen molar-refractivity contribution in [1.29, 1.82) is 0 Å². The zero-order chi connectivity index (χ0) is 9.84. The average molecular weight is 176 g/mol. The van der Waals surface area contributed by atoms with Crippen LogP contribution < -0.4 is 5.73 Å². The van der Waals surface area contributed by atoms with Crippen LogP contribution in [0.4, 0.5) is 5.69 Å². The highest BCUT2D eigenvalue weighted by Crippen LogP contribution is 2.18. The Morgan fingerprint density at radius 3 is 2.62 bits per heavy atom. The molecule has 0 spiro atoms. The fourth-order valence-electron chi connectivity index (χ4n) is 1.20. The van der Waals surface area contributed by atoms with Gasteiger partial charge in [0.05, 0.1) is 0 Å². The van der Waals surface area contributed by atoms with Gasteiger partial charge in [0.15, 0.2) is 0 Å². The Labute approximate surface area is 79.5 Å². The molecule has 0 fully saturated rings. The minimum atomic E-state index is 0.532. The molecule has 1 aromatic rings. The van der Waals surface area contributed by atoms with Gasteiger partial charge in [-0.15, -0.1) is 0 Å². The Hall–Kier alpha value is -1.31. The maximum atomic E-state index is 5.78. The molecule has 0 bridgehead atoms. The molecule has 0 aliphatic carbocycles. The van der Waals surface area contributed by atoms with E-state index < -0.39 is 0 Å². The van der Waals surface area contributed by atoms with Crippen LogP contribution in [0.2, 0.25) is 0 Å². The summed E-state index contributed by atoms with van der Waals surface area (Å²) in [5, 5.41) is 0. The number of rotatable bonds is 2. The lowest BCUT2D eigenvalue weighted by Gasteiger charge is -2.07. The van der Waals surface area contributed by atoms with Crippen LogP contribution in [0, 0.1) is 0 Å². The first-order chi connectivity index (χ1) is 6.15. The summed E-state index contributed by atoms with van der Waals surface area (Å²) >= 11 is 0. The zero-order valence-corrected chi connectivity index (χ0v) is 8.41. The monoisotopic (exact) mass is 176 g/mol. The lowest BCUT2D eigenvalue weighted by Crippen LogP contribution is -1.96. The number of anilines is 1. The topological polar surface area (TPSA) is 38.4 Å². The minimum Gasteiger partial charge on any atom is -0.398 e. The van der Waals surface area contributed by atoms with E-state index in [-0.39, 0.29) is 0 Å². The molecule has 0 radical (unpaired) electrons. The van der Waals surface area contributed by atoms with Gasteiger partial charge in [-0.25, -0.2) is 0 Å². The van der Waals surface area contributed by atoms with Crippen LogP contribution in [-0.2, 0) is 0 Å². The van der Waals surface area contributed by atoms with Crippen molar-refractivity contribution >= 4 is 11.9 Å². The van der Waals surface area contributed by atoms with E-state index in [4.69, 9.17) is 5.73 Å². The zero-order valence-electron chi connectivity index (χ0n) is 8.41. The highest BCUT2D eigenvalue weighted by atomic mass is 14.6. The molecule has 0 aliphatic rings. The number of hydrogen-bond acceptors (Lipinski definition) is 2. The highest BCUT2D eigenvalue weighted by molar-refractivity contribution is 5.87. The maximum Gasteiger partial charge on any atom is 0.0403 e. The molecule has 0 heterocycles. The Bertz CT molecular complexity index is 314. The second kappa shape index (κ2) is 4.08. The molecule has 0 saturated heterocycles. The van der Waals surface area contributed by atoms with Crippen LogP contribution in [-0.4, -0.2) is 13.3 Å². The third-order valence-electron chi connectivity index (χ3n) is 2.05. The molecule has 1 aromatic carbocycles. The van der Waals surface area contributed by atoms with Crippen LogP contribution in [0.25, 0.3) is 0 Å². The number of nitrogens with zero attached hydrogens (tertiary/aromatic N) is 1. The Morgan fingerprint density at radius 1 is 1.38 bits per heavy atom. The van der Waals surface area contributed by atoms with Gasteiger partial charge in [-0.2, -0.15) is 0 Å². The van der Waals surface area contributed by atoms with Crippen molar-refractivity contribution in [2.45, 2.75) is 19.8 Å². The van der Waals surface area contributed by atoms with Crippen LogP contribution in [0.1, 0.15) is 30.9 Å². The molecule has 0 unspecified atom stereocenters. The molecule has 0 aliphatic heterocycles. The third kappa shape index (κ3) is 2.31. The molecular formula is C11H16N2. The van der Waals surface area contributed by atoms with Crippen molar-refractivity contribution in [3.05, 3.63) is 29.3 Å². The van der Waals surface area contributed by atoms with Crippen LogP contribution in [0.3, 0.4) is 0 Å². The Balaban J connectivity index is 3.11. The van der Waals surface area contributed by atoms with Crippen LogP contribution >= 0.6 is 0 Å². The van der Waals surface area contributed by atoms with Gasteiger partial charge in [-0.3, -0.25) is 4.99 Å². The number of aliphatic imine (C=N–C) groups is 1. The molecule has 2 heteroatoms. The van der Waals surface area contributed by atoms with Crippen molar-refractivity contribution in [1.82, 2.24) is 0 Å². The second-order valence-electron chi connectivity index (χ2n) is 3.43. The van der Waals surface area contributed by atoms with E-state index in [1.54, 1.807) is 13.3 Å². The SMILES string of the molecule is CN=Cc1cc(C(C)C)ccc1N. The van der Waals surface area contributed by atoms with Gasteiger partial charge in [0, 0.05) is 24.5 Å². The van der Waals surface area contributed by atoms with Crippen molar-refractivity contribution in [2.24, 2.45) is 4.99 Å². The summed E-state index contributed by atoms with van der Waals surface area (Å²) in [5.41, 5.74) is 8.87. The van der Waals surface area contributed by atoms with Gasteiger partial charge in [-0.05, 0) is 23.6 Å². The van der Waals surface area contributed by atoms with Gasteiger partial charge in [0.1, 0.15) is 0 Å². The smallest absolute Gasteiger partial charge is 0.0403 e. The van der Waals surface area contributed by atoms with Crippen LogP contribution in [0.15, 0.2) is 23.2 Å². The summed E-state index contributed by atoms with van der Waals surface area (Å²) in [7, 11) is 1.75. The summed E-state index contributed by atoms with van der Waals surface area (Å²) in [6.07, 6.45) is 1.79. The first-order valence-corrected chi connectivity index (χ1v) is 4.46. The summed E-state index contributed by atoms with van der Waals surface area (Å²) in [6.45, 7) is 4.33. The molecule has 0 amide bonds. The molecular weight excluding hydrogens is 160 g/mol. The fraction of sp³-hybridized carbons (Fsp3) is 0.364. The van der Waals surface area contributed by atoms with E-state index >= 15 is 0 Å². The molecule has 0 saturated carbocycles. The standard InChI is InChI=1S/C11H16N2/c1-8(2)9-4-5-11(12)10(6-9)7-13-3/h4-8H,12H2,1-3H3. The third-order valence-corrected chi connectivity index (χ3v) is 2.05. The predicted octanol–water partition coefficient (Wildman–Crippen LogP) is 2.44. The normalized spacial score (nSPS) is 11.4. The van der Waals surface area contributed by atoms with Gasteiger partial charge >= 0.3 is 0 Å². The number of benzene rings is 1. The van der Waals surface area contributed by atoms with Gasteiger partial charge < -0.3 is 5.73 Å². The highest BCUT2D eigenvalue weighted by Gasteiger charge is 2.01. The molecule has 2 N–H and O–H groups in total. The van der Waals surface area contributed by atoms with Crippen molar-refractivity contribution in [3.8, 4) is 0 Å². The van der Waals surface area contributed by atoms with Crippen molar-refractivity contribution < 1.29 is 0 Å². The summed E-state index contributed by atoms with van der Waals surface area (Å²) in [5.74, 6) is 0.532. The van der Waals surface area contributed by atoms with E-state index in [0.29, 0.717) is 5.92 Å². The van der Waals surface area contributed by atoms with E-state index in [2.05, 4.69) is 31.0 Å². The predicted molar refractivity (Wildman–Crippen MR) is 58.5 cm³/mol. The number of nitrogen functional groups attached to an aromatic ring is 1. The second-order valence-corrected chi connectivity index (χ2v) is 3.43. The lowest BCUT2D eigenvalue weighted by atomic mass is 10.0. The average Bonchev–Trinajstić information content (AvgIpc) is 2.08. The molecule has 13 heavy (non-hydrogen) atoms. The summed E-state index contributed by atoms with van der Waals surface area (Å²) in [6, 6.07) is 6.09. The summed E-state index contributed by atoms with van der Waals surface area (Å²) in [4.78, 5) is 3.96. The number of hydrogen-bond donors (Lipinski definition) is 1. The van der Waals surface area contributed by atoms with E-state index in [0.717, 1.165) is 11.3 Å². The van der Waals surface area contributed by atoms with E-state index in [1.165, 1.54) is 5.56 Å². The van der Waals surface area contributed by atoms with Gasteiger partial charge in [0.2, 0.25) is 0 Å². The van der Waals surface area contributed by atoms with E-state index in [1.807, 2.05) is 6.07 Å². The Morgan fingerprint density at radius 2 is 2.08 bits per heavy atom. The quantitative estimate of drug-likeness (QED) is 0.545.